The van der Waals surface area contributed by atoms with Gasteiger partial charge in [-0.15, -0.1) is 10.2 Å². The molecule has 0 bridgehead atoms. The van der Waals surface area contributed by atoms with Crippen LogP contribution in [0.4, 0.5) is 14.6 Å². The van der Waals surface area contributed by atoms with Gasteiger partial charge in [0.2, 0.25) is 0 Å². The van der Waals surface area contributed by atoms with E-state index in [0.717, 1.165) is 55.8 Å². The van der Waals surface area contributed by atoms with Crippen molar-refractivity contribution in [2.75, 3.05) is 31.6 Å². The molecule has 0 N–H and O–H groups in total. The van der Waals surface area contributed by atoms with E-state index in [4.69, 9.17) is 11.6 Å². The first kappa shape index (κ1) is 19.5. The molecule has 0 spiro atoms. The molecule has 2 aliphatic heterocycles. The first-order valence-electron chi connectivity index (χ1n) is 9.85. The van der Waals surface area contributed by atoms with Crippen molar-refractivity contribution < 1.29 is 8.78 Å². The number of hydrogen-bond donors (Lipinski definition) is 0. The highest BCUT2D eigenvalue weighted by atomic mass is 35.5. The van der Waals surface area contributed by atoms with E-state index in [9.17, 15) is 8.78 Å². The van der Waals surface area contributed by atoms with Crippen molar-refractivity contribution in [3.63, 3.8) is 0 Å². The third-order valence-electron chi connectivity index (χ3n) is 5.96. The van der Waals surface area contributed by atoms with Gasteiger partial charge in [-0.25, -0.2) is 8.78 Å². The Bertz CT molecular complexity index is 874. The van der Waals surface area contributed by atoms with Gasteiger partial charge in [-0.2, -0.15) is 0 Å². The fraction of sp³-hybridized carbons (Fsp3) is 0.524. The van der Waals surface area contributed by atoms with Gasteiger partial charge in [0, 0.05) is 40.8 Å². The zero-order valence-corrected chi connectivity index (χ0v) is 17.0. The number of benzene rings is 1. The zero-order valence-electron chi connectivity index (χ0n) is 16.3. The molecule has 0 radical (unpaired) electrons. The van der Waals surface area contributed by atoms with Gasteiger partial charge in [-0.1, -0.05) is 17.7 Å². The van der Waals surface area contributed by atoms with Crippen LogP contribution in [0.25, 0.3) is 11.3 Å². The van der Waals surface area contributed by atoms with Gasteiger partial charge >= 0.3 is 0 Å². The smallest absolute Gasteiger partial charge is 0.264 e. The molecule has 7 heteroatoms. The van der Waals surface area contributed by atoms with Crippen molar-refractivity contribution in [2.24, 2.45) is 0 Å². The summed E-state index contributed by atoms with van der Waals surface area (Å²) >= 11 is 5.94. The van der Waals surface area contributed by atoms with Crippen molar-refractivity contribution in [3.8, 4) is 11.3 Å². The lowest BCUT2D eigenvalue weighted by Crippen LogP contribution is -2.49. The minimum Gasteiger partial charge on any atom is -0.351 e. The number of likely N-dealkylation sites (N-methyl/N-ethyl adjacent to an activating group) is 1. The maximum Gasteiger partial charge on any atom is 0.264 e. The summed E-state index contributed by atoms with van der Waals surface area (Å²) in [4.78, 5) is 4.74. The predicted molar refractivity (Wildman–Crippen MR) is 108 cm³/mol. The zero-order chi connectivity index (χ0) is 19.8. The third-order valence-corrected chi connectivity index (χ3v) is 6.20. The molecule has 28 heavy (non-hydrogen) atoms. The predicted octanol–water partition coefficient (Wildman–Crippen LogP) is 4.89. The highest BCUT2D eigenvalue weighted by molar-refractivity contribution is 6.30. The van der Waals surface area contributed by atoms with Crippen molar-refractivity contribution in [3.05, 3.63) is 39.9 Å². The Hall–Kier alpha value is -1.79. The molecule has 150 valence electrons. The SMILES string of the molecule is Cc1c(-c2ccc(Cl)cc2C(F)F)nnc2c1CCCN2[C@H]1CCCN(C)C1. The van der Waals surface area contributed by atoms with Crippen molar-refractivity contribution in [1.82, 2.24) is 15.1 Å². The van der Waals surface area contributed by atoms with Gasteiger partial charge in [0.1, 0.15) is 0 Å². The lowest BCUT2D eigenvalue weighted by molar-refractivity contribution is 0.152. The third kappa shape index (κ3) is 3.60. The molecule has 2 aliphatic rings. The monoisotopic (exact) mass is 406 g/mol. The van der Waals surface area contributed by atoms with Crippen molar-refractivity contribution in [1.29, 1.82) is 0 Å². The van der Waals surface area contributed by atoms with E-state index in [0.29, 0.717) is 22.3 Å². The molecule has 1 aromatic heterocycles. The van der Waals surface area contributed by atoms with E-state index >= 15 is 0 Å². The molecule has 1 atom stereocenters. The molecular weight excluding hydrogens is 382 g/mol. The summed E-state index contributed by atoms with van der Waals surface area (Å²) in [5, 5.41) is 9.26. The normalized spacial score (nSPS) is 20.5. The fourth-order valence-electron chi connectivity index (χ4n) is 4.54. The van der Waals surface area contributed by atoms with Gasteiger partial charge in [0.05, 0.1) is 5.69 Å². The Kier molecular flexibility index (Phi) is 5.52. The highest BCUT2D eigenvalue weighted by Gasteiger charge is 2.31. The maximum absolute atomic E-state index is 13.6. The van der Waals surface area contributed by atoms with Crippen LogP contribution in [0.15, 0.2) is 18.2 Å². The largest absolute Gasteiger partial charge is 0.351 e. The van der Waals surface area contributed by atoms with Crippen LogP contribution in [0.1, 0.15) is 42.4 Å². The van der Waals surface area contributed by atoms with E-state index in [2.05, 4.69) is 27.0 Å². The van der Waals surface area contributed by atoms with Crippen LogP contribution in [0.3, 0.4) is 0 Å². The number of fused-ring (bicyclic) bond motifs is 1. The second kappa shape index (κ2) is 7.91. The van der Waals surface area contributed by atoms with Crippen LogP contribution in [0, 0.1) is 6.92 Å². The van der Waals surface area contributed by atoms with E-state index in [1.54, 1.807) is 12.1 Å². The average Bonchev–Trinajstić information content (AvgIpc) is 2.68. The lowest BCUT2D eigenvalue weighted by atomic mass is 9.93. The quantitative estimate of drug-likeness (QED) is 0.726. The summed E-state index contributed by atoms with van der Waals surface area (Å²) in [7, 11) is 2.16. The number of rotatable bonds is 3. The highest BCUT2D eigenvalue weighted by Crippen LogP contribution is 2.38. The number of alkyl halides is 2. The molecule has 1 aromatic carbocycles. The van der Waals surface area contributed by atoms with Gasteiger partial charge in [0.25, 0.3) is 6.43 Å². The molecule has 4 rings (SSSR count). The summed E-state index contributed by atoms with van der Waals surface area (Å²) in [5.74, 6) is 0.931. The van der Waals surface area contributed by atoms with Crippen molar-refractivity contribution >= 4 is 17.4 Å². The molecule has 1 saturated heterocycles. The van der Waals surface area contributed by atoms with E-state index in [-0.39, 0.29) is 5.56 Å². The lowest BCUT2D eigenvalue weighted by Gasteiger charge is -2.41. The summed E-state index contributed by atoms with van der Waals surface area (Å²) in [6.45, 7) is 5.11. The molecular formula is C21H25ClF2N4. The number of hydrogen-bond acceptors (Lipinski definition) is 4. The molecule has 0 aliphatic carbocycles. The summed E-state index contributed by atoms with van der Waals surface area (Å²) in [5.41, 5.74) is 2.95. The maximum atomic E-state index is 13.6. The second-order valence-corrected chi connectivity index (χ2v) is 8.30. The molecule has 2 aromatic rings. The molecule has 0 saturated carbocycles. The Morgan fingerprint density at radius 2 is 2.00 bits per heavy atom. The number of aromatic nitrogens is 2. The second-order valence-electron chi connectivity index (χ2n) is 7.86. The van der Waals surface area contributed by atoms with Crippen molar-refractivity contribution in [2.45, 2.75) is 45.1 Å². The molecule has 4 nitrogen and oxygen atoms in total. The summed E-state index contributed by atoms with van der Waals surface area (Å²) in [6.07, 6.45) is 1.67. The Balaban J connectivity index is 1.75. The van der Waals surface area contributed by atoms with Gasteiger partial charge in [0.15, 0.2) is 5.82 Å². The summed E-state index contributed by atoms with van der Waals surface area (Å²) < 4.78 is 27.2. The van der Waals surface area contributed by atoms with Crippen LogP contribution >= 0.6 is 11.6 Å². The minimum atomic E-state index is -2.61. The van der Waals surface area contributed by atoms with Crippen LogP contribution in [-0.2, 0) is 6.42 Å². The standard InChI is InChI=1S/C21H25ClF2N4/c1-13-16-6-4-10-28(15-5-3-9-27(2)12-15)21(16)26-25-19(13)17-8-7-14(22)11-18(17)20(23)24/h7-8,11,15,20H,3-6,9-10,12H2,1-2H3/t15-/m0/s1. The van der Waals surface area contributed by atoms with E-state index in [1.807, 2.05) is 6.92 Å². The van der Waals surface area contributed by atoms with Crippen LogP contribution in [0.5, 0.6) is 0 Å². The fourth-order valence-corrected chi connectivity index (χ4v) is 4.72. The molecule has 3 heterocycles. The van der Waals surface area contributed by atoms with Gasteiger partial charge < -0.3 is 9.80 Å². The topological polar surface area (TPSA) is 32.3 Å². The number of nitrogens with zero attached hydrogens (tertiary/aromatic N) is 4. The van der Waals surface area contributed by atoms with Crippen LogP contribution < -0.4 is 4.90 Å². The molecule has 1 fully saturated rings. The Labute approximate surface area is 169 Å². The Morgan fingerprint density at radius 1 is 1.18 bits per heavy atom. The first-order valence-corrected chi connectivity index (χ1v) is 10.2. The average molecular weight is 407 g/mol. The van der Waals surface area contributed by atoms with E-state index < -0.39 is 6.43 Å². The molecule has 0 unspecified atom stereocenters. The molecule has 0 amide bonds. The minimum absolute atomic E-state index is 0.0913. The number of halogens is 3. The van der Waals surface area contributed by atoms with Crippen LogP contribution in [-0.4, -0.2) is 47.8 Å². The Morgan fingerprint density at radius 3 is 2.75 bits per heavy atom. The number of likely N-dealkylation sites (tertiary alicyclic amines) is 1. The first-order chi connectivity index (χ1) is 13.5. The van der Waals surface area contributed by atoms with Gasteiger partial charge in [-0.3, -0.25) is 0 Å². The van der Waals surface area contributed by atoms with Gasteiger partial charge in [-0.05, 0) is 63.9 Å². The summed E-state index contributed by atoms with van der Waals surface area (Å²) in [6, 6.07) is 5.02. The number of piperidine rings is 1. The van der Waals surface area contributed by atoms with E-state index in [1.165, 1.54) is 12.5 Å². The van der Waals surface area contributed by atoms with Crippen LogP contribution in [0.2, 0.25) is 5.02 Å². The number of anilines is 1.